The Morgan fingerprint density at radius 2 is 1.88 bits per heavy atom. The Bertz CT molecular complexity index is 836. The topological polar surface area (TPSA) is 62.3 Å². The first-order valence-electron chi connectivity index (χ1n) is 9.53. The molecule has 2 fully saturated rings. The Kier molecular flexibility index (Phi) is 4.62. The molecule has 5 nitrogen and oxygen atoms in total. The standard InChI is InChI=1S/C21H25N3O2/c1-14-4-7-19-17(3-2-10-22-19)18(14)13-23-20(25)15-8-11-24(12-9-15)21(26)16-5-6-16/h2-4,7,10,15-16H,5-6,8-9,11-13H2,1H3,(H,23,25). The smallest absolute Gasteiger partial charge is 0.225 e. The number of hydrogen-bond donors (Lipinski definition) is 1. The summed E-state index contributed by atoms with van der Waals surface area (Å²) in [5.41, 5.74) is 3.25. The van der Waals surface area contributed by atoms with Gasteiger partial charge in [0, 0.05) is 43.1 Å². The van der Waals surface area contributed by atoms with E-state index in [0.29, 0.717) is 25.5 Å². The van der Waals surface area contributed by atoms with Gasteiger partial charge in [-0.3, -0.25) is 14.6 Å². The second-order valence-electron chi connectivity index (χ2n) is 7.52. The number of carbonyl (C=O) groups excluding carboxylic acids is 2. The molecule has 1 N–H and O–H groups in total. The highest BCUT2D eigenvalue weighted by Gasteiger charge is 2.35. The lowest BCUT2D eigenvalue weighted by molar-refractivity contribution is -0.136. The average molecular weight is 351 g/mol. The summed E-state index contributed by atoms with van der Waals surface area (Å²) in [6.45, 7) is 4.01. The van der Waals surface area contributed by atoms with E-state index in [-0.39, 0.29) is 17.7 Å². The zero-order valence-corrected chi connectivity index (χ0v) is 15.2. The summed E-state index contributed by atoms with van der Waals surface area (Å²) in [6, 6.07) is 8.06. The highest BCUT2D eigenvalue weighted by Crippen LogP contribution is 2.32. The van der Waals surface area contributed by atoms with Gasteiger partial charge in [0.1, 0.15) is 0 Å². The normalized spacial score (nSPS) is 18.1. The Balaban J connectivity index is 1.36. The predicted octanol–water partition coefficient (Wildman–Crippen LogP) is 2.81. The Hall–Kier alpha value is -2.43. The summed E-state index contributed by atoms with van der Waals surface area (Å²) in [4.78, 5) is 31.1. The van der Waals surface area contributed by atoms with E-state index in [1.54, 1.807) is 6.20 Å². The summed E-state index contributed by atoms with van der Waals surface area (Å²) in [6.07, 6.45) is 5.40. The van der Waals surface area contributed by atoms with E-state index in [0.717, 1.165) is 47.7 Å². The number of rotatable bonds is 4. The second-order valence-corrected chi connectivity index (χ2v) is 7.52. The van der Waals surface area contributed by atoms with E-state index in [2.05, 4.69) is 29.4 Å². The fourth-order valence-electron chi connectivity index (χ4n) is 3.83. The number of nitrogens with zero attached hydrogens (tertiary/aromatic N) is 2. The third kappa shape index (κ3) is 3.43. The molecule has 4 rings (SSSR count). The van der Waals surface area contributed by atoms with Crippen LogP contribution in [0.25, 0.3) is 10.9 Å². The van der Waals surface area contributed by atoms with Crippen molar-refractivity contribution in [3.63, 3.8) is 0 Å². The quantitative estimate of drug-likeness (QED) is 0.921. The molecule has 1 aromatic carbocycles. The number of nitrogens with one attached hydrogen (secondary N) is 1. The van der Waals surface area contributed by atoms with Crippen LogP contribution in [0.3, 0.4) is 0 Å². The molecule has 26 heavy (non-hydrogen) atoms. The molecule has 1 saturated carbocycles. The van der Waals surface area contributed by atoms with Crippen LogP contribution in [0, 0.1) is 18.8 Å². The highest BCUT2D eigenvalue weighted by molar-refractivity contribution is 5.85. The minimum absolute atomic E-state index is 0.00617. The van der Waals surface area contributed by atoms with Gasteiger partial charge < -0.3 is 10.2 Å². The summed E-state index contributed by atoms with van der Waals surface area (Å²) in [5, 5.41) is 4.21. The van der Waals surface area contributed by atoms with E-state index in [1.165, 1.54) is 0 Å². The molecule has 0 atom stereocenters. The molecule has 0 unspecified atom stereocenters. The maximum absolute atomic E-state index is 12.6. The van der Waals surface area contributed by atoms with Crippen LogP contribution in [0.5, 0.6) is 0 Å². The van der Waals surface area contributed by atoms with Crippen molar-refractivity contribution in [3.8, 4) is 0 Å². The van der Waals surface area contributed by atoms with Gasteiger partial charge in [-0.05, 0) is 55.9 Å². The van der Waals surface area contributed by atoms with Gasteiger partial charge in [0.25, 0.3) is 0 Å². The molecule has 2 aromatic rings. The zero-order chi connectivity index (χ0) is 18.1. The Morgan fingerprint density at radius 1 is 1.12 bits per heavy atom. The molecule has 136 valence electrons. The third-order valence-corrected chi connectivity index (χ3v) is 5.67. The molecular formula is C21H25N3O2. The van der Waals surface area contributed by atoms with Gasteiger partial charge in [0.15, 0.2) is 0 Å². The number of aromatic nitrogens is 1. The van der Waals surface area contributed by atoms with E-state index in [4.69, 9.17) is 0 Å². The van der Waals surface area contributed by atoms with Crippen LogP contribution in [0.2, 0.25) is 0 Å². The first-order chi connectivity index (χ1) is 12.6. The van der Waals surface area contributed by atoms with Crippen molar-refractivity contribution in [3.05, 3.63) is 41.6 Å². The fourth-order valence-corrected chi connectivity index (χ4v) is 3.83. The van der Waals surface area contributed by atoms with Crippen LogP contribution >= 0.6 is 0 Å². The number of likely N-dealkylation sites (tertiary alicyclic amines) is 1. The van der Waals surface area contributed by atoms with Crippen molar-refractivity contribution in [2.24, 2.45) is 11.8 Å². The number of hydrogen-bond acceptors (Lipinski definition) is 3. The molecule has 1 saturated heterocycles. The Labute approximate surface area is 153 Å². The fraction of sp³-hybridized carbons (Fsp3) is 0.476. The van der Waals surface area contributed by atoms with E-state index < -0.39 is 0 Å². The molecule has 0 spiro atoms. The van der Waals surface area contributed by atoms with Crippen molar-refractivity contribution < 1.29 is 9.59 Å². The average Bonchev–Trinajstić information content (AvgIpc) is 3.52. The van der Waals surface area contributed by atoms with Crippen LogP contribution < -0.4 is 5.32 Å². The van der Waals surface area contributed by atoms with Gasteiger partial charge >= 0.3 is 0 Å². The van der Waals surface area contributed by atoms with Crippen molar-refractivity contribution in [2.45, 2.75) is 39.2 Å². The van der Waals surface area contributed by atoms with Crippen LogP contribution in [0.1, 0.15) is 36.8 Å². The third-order valence-electron chi connectivity index (χ3n) is 5.67. The van der Waals surface area contributed by atoms with E-state index >= 15 is 0 Å². The lowest BCUT2D eigenvalue weighted by Crippen LogP contribution is -2.43. The van der Waals surface area contributed by atoms with Crippen LogP contribution in [-0.2, 0) is 16.1 Å². The Morgan fingerprint density at radius 3 is 2.62 bits per heavy atom. The first-order valence-corrected chi connectivity index (χ1v) is 9.53. The van der Waals surface area contributed by atoms with Crippen molar-refractivity contribution in [1.29, 1.82) is 0 Å². The van der Waals surface area contributed by atoms with Crippen molar-refractivity contribution in [1.82, 2.24) is 15.2 Å². The number of pyridine rings is 1. The molecule has 5 heteroatoms. The lowest BCUT2D eigenvalue weighted by atomic mass is 9.95. The summed E-state index contributed by atoms with van der Waals surface area (Å²) in [7, 11) is 0. The minimum Gasteiger partial charge on any atom is -0.352 e. The molecule has 1 aromatic heterocycles. The van der Waals surface area contributed by atoms with Crippen LogP contribution in [0.4, 0.5) is 0 Å². The monoisotopic (exact) mass is 351 g/mol. The van der Waals surface area contributed by atoms with E-state index in [9.17, 15) is 9.59 Å². The zero-order valence-electron chi connectivity index (χ0n) is 15.2. The number of amides is 2. The number of benzene rings is 1. The molecular weight excluding hydrogens is 326 g/mol. The second kappa shape index (κ2) is 7.06. The highest BCUT2D eigenvalue weighted by atomic mass is 16.2. The number of carbonyl (C=O) groups is 2. The lowest BCUT2D eigenvalue weighted by Gasteiger charge is -2.31. The molecule has 2 amide bonds. The van der Waals surface area contributed by atoms with Crippen molar-refractivity contribution in [2.75, 3.05) is 13.1 Å². The summed E-state index contributed by atoms with van der Waals surface area (Å²) in [5.74, 6) is 0.668. The van der Waals surface area contributed by atoms with Gasteiger partial charge in [-0.25, -0.2) is 0 Å². The molecule has 1 aliphatic heterocycles. The largest absolute Gasteiger partial charge is 0.352 e. The SMILES string of the molecule is Cc1ccc2ncccc2c1CNC(=O)C1CCN(C(=O)C2CC2)CC1. The predicted molar refractivity (Wildman–Crippen MR) is 100 cm³/mol. The number of aryl methyl sites for hydroxylation is 1. The van der Waals surface area contributed by atoms with Gasteiger partial charge in [0.05, 0.1) is 5.52 Å². The van der Waals surface area contributed by atoms with Gasteiger partial charge in [-0.2, -0.15) is 0 Å². The maximum atomic E-state index is 12.6. The number of fused-ring (bicyclic) bond motifs is 1. The summed E-state index contributed by atoms with van der Waals surface area (Å²) >= 11 is 0. The van der Waals surface area contributed by atoms with E-state index in [1.807, 2.05) is 17.0 Å². The van der Waals surface area contributed by atoms with Crippen LogP contribution in [-0.4, -0.2) is 34.8 Å². The summed E-state index contributed by atoms with van der Waals surface area (Å²) < 4.78 is 0. The van der Waals surface area contributed by atoms with Gasteiger partial charge in [-0.1, -0.05) is 12.1 Å². The van der Waals surface area contributed by atoms with Crippen molar-refractivity contribution >= 4 is 22.7 Å². The molecule has 2 aliphatic rings. The minimum atomic E-state index is 0.00617. The van der Waals surface area contributed by atoms with Crippen LogP contribution in [0.15, 0.2) is 30.5 Å². The molecule has 0 radical (unpaired) electrons. The molecule has 2 heterocycles. The van der Waals surface area contributed by atoms with Gasteiger partial charge in [0.2, 0.25) is 11.8 Å². The maximum Gasteiger partial charge on any atom is 0.225 e. The molecule has 1 aliphatic carbocycles. The molecule has 0 bridgehead atoms. The first kappa shape index (κ1) is 17.0. The number of piperidine rings is 1. The van der Waals surface area contributed by atoms with Gasteiger partial charge in [-0.15, -0.1) is 0 Å².